The average molecular weight is 225 g/mol. The predicted octanol–water partition coefficient (Wildman–Crippen LogP) is 0.883. The van der Waals surface area contributed by atoms with Crippen molar-refractivity contribution in [3.63, 3.8) is 0 Å². The second-order valence-corrected chi connectivity index (χ2v) is 3.01. The van der Waals surface area contributed by atoms with Crippen LogP contribution < -0.4 is 5.32 Å². The molecule has 0 aliphatic rings. The number of hydrogen-bond donors (Lipinski definition) is 1. The minimum Gasteiger partial charge on any atom is -0.468 e. The molecule has 0 aromatic carbocycles. The fraction of sp³-hybridized carbons (Fsp3) is 0.333. The van der Waals surface area contributed by atoms with E-state index >= 15 is 0 Å². The summed E-state index contributed by atoms with van der Waals surface area (Å²) in [4.78, 5) is 24.9. The van der Waals surface area contributed by atoms with E-state index in [1.807, 2.05) is 0 Å². The van der Waals surface area contributed by atoms with E-state index in [1.165, 1.54) is 19.2 Å². The number of carbonyl (C=O) groups excluding carboxylic acids is 1. The first-order valence-electron chi connectivity index (χ1n) is 4.47. The zero-order valence-corrected chi connectivity index (χ0v) is 8.89. The number of nitrogens with one attached hydrogen (secondary N) is 1. The molecule has 0 unspecified atom stereocenters. The number of carbonyl (C=O) groups is 1. The number of pyridine rings is 1. The lowest BCUT2D eigenvalue weighted by Crippen LogP contribution is -2.16. The zero-order chi connectivity index (χ0) is 12.1. The van der Waals surface area contributed by atoms with Crippen LogP contribution >= 0.6 is 0 Å². The first-order chi connectivity index (χ1) is 7.54. The van der Waals surface area contributed by atoms with E-state index in [0.717, 1.165) is 0 Å². The standard InChI is InChI=1S/C9H11N3O4/c1-6-3-4-7(12(14)15)9(11-6)10-5-8(13)16-2/h3-4H,5H2,1-2H3,(H,10,11). The summed E-state index contributed by atoms with van der Waals surface area (Å²) in [5.41, 5.74) is 0.451. The number of ether oxygens (including phenoxy) is 1. The van der Waals surface area contributed by atoms with Crippen molar-refractivity contribution in [2.45, 2.75) is 6.92 Å². The van der Waals surface area contributed by atoms with Gasteiger partial charge in [-0.2, -0.15) is 0 Å². The summed E-state index contributed by atoms with van der Waals surface area (Å²) in [5, 5.41) is 13.2. The molecule has 1 aromatic heterocycles. The fourth-order valence-electron chi connectivity index (χ4n) is 1.05. The summed E-state index contributed by atoms with van der Waals surface area (Å²) in [6, 6.07) is 2.86. The van der Waals surface area contributed by atoms with Crippen molar-refractivity contribution < 1.29 is 14.5 Å². The van der Waals surface area contributed by atoms with Crippen LogP contribution in [0.1, 0.15) is 5.69 Å². The van der Waals surface area contributed by atoms with Gasteiger partial charge in [-0.1, -0.05) is 0 Å². The Labute approximate surface area is 91.6 Å². The number of anilines is 1. The number of esters is 1. The van der Waals surface area contributed by atoms with E-state index in [4.69, 9.17) is 0 Å². The summed E-state index contributed by atoms with van der Waals surface area (Å²) in [7, 11) is 1.24. The molecular formula is C9H11N3O4. The van der Waals surface area contributed by atoms with Gasteiger partial charge in [-0.15, -0.1) is 0 Å². The van der Waals surface area contributed by atoms with Crippen molar-refractivity contribution >= 4 is 17.5 Å². The van der Waals surface area contributed by atoms with Gasteiger partial charge in [-0.05, 0) is 13.0 Å². The number of nitro groups is 1. The Morgan fingerprint density at radius 3 is 2.88 bits per heavy atom. The van der Waals surface area contributed by atoms with Crippen molar-refractivity contribution in [3.8, 4) is 0 Å². The molecule has 0 spiro atoms. The molecule has 0 saturated carbocycles. The lowest BCUT2D eigenvalue weighted by atomic mass is 10.3. The van der Waals surface area contributed by atoms with Crippen LogP contribution in [0.4, 0.5) is 11.5 Å². The van der Waals surface area contributed by atoms with Crippen LogP contribution in [-0.4, -0.2) is 29.5 Å². The molecule has 7 heteroatoms. The maximum Gasteiger partial charge on any atom is 0.325 e. The van der Waals surface area contributed by atoms with Gasteiger partial charge in [-0.25, -0.2) is 4.98 Å². The zero-order valence-electron chi connectivity index (χ0n) is 8.89. The highest BCUT2D eigenvalue weighted by Gasteiger charge is 2.15. The molecule has 1 heterocycles. The van der Waals surface area contributed by atoms with Gasteiger partial charge in [0.15, 0.2) is 0 Å². The third kappa shape index (κ3) is 2.91. The quantitative estimate of drug-likeness (QED) is 0.464. The fourth-order valence-corrected chi connectivity index (χ4v) is 1.05. The molecule has 0 aliphatic carbocycles. The second-order valence-electron chi connectivity index (χ2n) is 3.01. The molecule has 1 N–H and O–H groups in total. The Morgan fingerprint density at radius 1 is 1.62 bits per heavy atom. The monoisotopic (exact) mass is 225 g/mol. The maximum absolute atomic E-state index is 10.9. The van der Waals surface area contributed by atoms with E-state index in [-0.39, 0.29) is 18.1 Å². The van der Waals surface area contributed by atoms with Crippen LogP contribution in [0.5, 0.6) is 0 Å². The van der Waals surface area contributed by atoms with Crippen LogP contribution in [0.3, 0.4) is 0 Å². The highest BCUT2D eigenvalue weighted by atomic mass is 16.6. The normalized spacial score (nSPS) is 9.62. The Kier molecular flexibility index (Phi) is 3.76. The minimum absolute atomic E-state index is 0.0652. The van der Waals surface area contributed by atoms with Gasteiger partial charge in [0.25, 0.3) is 0 Å². The highest BCUT2D eigenvalue weighted by Crippen LogP contribution is 2.21. The average Bonchev–Trinajstić information content (AvgIpc) is 2.25. The number of aromatic nitrogens is 1. The van der Waals surface area contributed by atoms with Crippen LogP contribution in [0.2, 0.25) is 0 Å². The van der Waals surface area contributed by atoms with Crippen molar-refractivity contribution in [2.75, 3.05) is 19.0 Å². The van der Waals surface area contributed by atoms with Gasteiger partial charge >= 0.3 is 11.7 Å². The van der Waals surface area contributed by atoms with E-state index in [0.29, 0.717) is 5.69 Å². The first kappa shape index (κ1) is 11.9. The summed E-state index contributed by atoms with van der Waals surface area (Å²) in [6.45, 7) is 1.54. The maximum atomic E-state index is 10.9. The molecule has 0 fully saturated rings. The van der Waals surface area contributed by atoms with Gasteiger partial charge in [0.05, 0.1) is 12.0 Å². The van der Waals surface area contributed by atoms with E-state index in [2.05, 4.69) is 15.0 Å². The number of aryl methyl sites for hydroxylation is 1. The molecule has 0 amide bonds. The van der Waals surface area contributed by atoms with E-state index in [1.54, 1.807) is 6.92 Å². The molecule has 1 rings (SSSR count). The second kappa shape index (κ2) is 5.06. The topological polar surface area (TPSA) is 94.4 Å². The molecule has 86 valence electrons. The first-order valence-corrected chi connectivity index (χ1v) is 4.47. The summed E-state index contributed by atoms with van der Waals surface area (Å²) >= 11 is 0. The summed E-state index contributed by atoms with van der Waals surface area (Å²) in [6.07, 6.45) is 0. The van der Waals surface area contributed by atoms with Gasteiger partial charge < -0.3 is 10.1 Å². The molecule has 16 heavy (non-hydrogen) atoms. The van der Waals surface area contributed by atoms with Crippen molar-refractivity contribution in [1.29, 1.82) is 0 Å². The highest BCUT2D eigenvalue weighted by molar-refractivity contribution is 5.75. The van der Waals surface area contributed by atoms with Crippen molar-refractivity contribution in [2.24, 2.45) is 0 Å². The molecule has 7 nitrogen and oxygen atoms in total. The summed E-state index contributed by atoms with van der Waals surface area (Å²) < 4.78 is 4.40. The Hall–Kier alpha value is -2.18. The SMILES string of the molecule is COC(=O)CNc1nc(C)ccc1[N+](=O)[O-]. The molecule has 0 radical (unpaired) electrons. The van der Waals surface area contributed by atoms with Crippen LogP contribution in [0.15, 0.2) is 12.1 Å². The Balaban J connectivity index is 2.88. The molecular weight excluding hydrogens is 214 g/mol. The number of nitrogens with zero attached hydrogens (tertiary/aromatic N) is 2. The van der Waals surface area contributed by atoms with E-state index in [9.17, 15) is 14.9 Å². The molecule has 0 saturated heterocycles. The third-order valence-electron chi connectivity index (χ3n) is 1.84. The van der Waals surface area contributed by atoms with E-state index < -0.39 is 10.9 Å². The lowest BCUT2D eigenvalue weighted by Gasteiger charge is -2.05. The Bertz CT molecular complexity index is 419. The number of methoxy groups -OCH3 is 1. The minimum atomic E-state index is -0.563. The van der Waals surface area contributed by atoms with Crippen molar-refractivity contribution in [1.82, 2.24) is 4.98 Å². The lowest BCUT2D eigenvalue weighted by molar-refractivity contribution is -0.384. The predicted molar refractivity (Wildman–Crippen MR) is 56.1 cm³/mol. The van der Waals surface area contributed by atoms with Gasteiger partial charge in [0.2, 0.25) is 5.82 Å². The number of hydrogen-bond acceptors (Lipinski definition) is 6. The van der Waals surface area contributed by atoms with Gasteiger partial charge in [-0.3, -0.25) is 14.9 Å². The van der Waals surface area contributed by atoms with Crippen LogP contribution in [-0.2, 0) is 9.53 Å². The molecule has 1 aromatic rings. The van der Waals surface area contributed by atoms with Crippen molar-refractivity contribution in [3.05, 3.63) is 27.9 Å². The largest absolute Gasteiger partial charge is 0.468 e. The van der Waals surface area contributed by atoms with Crippen LogP contribution in [0, 0.1) is 17.0 Å². The van der Waals surface area contributed by atoms with Crippen LogP contribution in [0.25, 0.3) is 0 Å². The molecule has 0 aliphatic heterocycles. The van der Waals surface area contributed by atoms with Gasteiger partial charge in [0, 0.05) is 11.8 Å². The van der Waals surface area contributed by atoms with Gasteiger partial charge in [0.1, 0.15) is 6.54 Å². The smallest absolute Gasteiger partial charge is 0.325 e. The third-order valence-corrected chi connectivity index (χ3v) is 1.84. The summed E-state index contributed by atoms with van der Waals surface area (Å²) in [5.74, 6) is -0.451. The molecule has 0 bridgehead atoms. The molecule has 0 atom stereocenters. The number of rotatable bonds is 4. The Morgan fingerprint density at radius 2 is 2.31 bits per heavy atom.